The molecule has 5 N–H and O–H groups in total. The molecule has 0 saturated carbocycles. The number of esters is 3. The fourth-order valence-electron chi connectivity index (χ4n) is 10.4. The van der Waals surface area contributed by atoms with Crippen LogP contribution in [0.5, 0.6) is 0 Å². The van der Waals surface area contributed by atoms with Gasteiger partial charge in [-0.2, -0.15) is 0 Å². The van der Waals surface area contributed by atoms with Crippen LogP contribution < -0.4 is 40.9 Å². The van der Waals surface area contributed by atoms with Crippen LogP contribution in [0.4, 0.5) is 45.9 Å². The highest BCUT2D eigenvalue weighted by atomic mass is 35.5. The second-order valence-corrected chi connectivity index (χ2v) is 21.4. The van der Waals surface area contributed by atoms with E-state index in [0.29, 0.717) is 101 Å². The number of piperazine rings is 1. The zero-order valence-corrected chi connectivity index (χ0v) is 50.3. The number of fused-ring (bicyclic) bond motifs is 9. The number of morpholine rings is 4. The summed E-state index contributed by atoms with van der Waals surface area (Å²) in [4.78, 5) is 107. The van der Waals surface area contributed by atoms with E-state index < -0.39 is 22.5 Å². The largest absolute Gasteiger partial charge is 0.468 e. The van der Waals surface area contributed by atoms with Crippen LogP contribution in [0.25, 0.3) is 0 Å². The molecule has 3 amide bonds. The normalized spacial score (nSPS) is 19.8. The summed E-state index contributed by atoms with van der Waals surface area (Å²) in [6.45, 7) is 11.4. The van der Waals surface area contributed by atoms with Crippen molar-refractivity contribution >= 4 is 105 Å². The van der Waals surface area contributed by atoms with E-state index in [-0.39, 0.29) is 87.5 Å². The summed E-state index contributed by atoms with van der Waals surface area (Å²) in [6, 6.07) is 13.3. The van der Waals surface area contributed by atoms with E-state index in [1.807, 2.05) is 28.1 Å². The van der Waals surface area contributed by atoms with Crippen molar-refractivity contribution in [3.05, 3.63) is 116 Å². The number of benzene rings is 1. The summed E-state index contributed by atoms with van der Waals surface area (Å²) < 4.78 is 34.6. The Kier molecular flexibility index (Phi) is 27.0. The van der Waals surface area contributed by atoms with Crippen LogP contribution >= 0.6 is 23.2 Å². The molecule has 0 aliphatic carbocycles. The van der Waals surface area contributed by atoms with Crippen molar-refractivity contribution in [2.45, 2.75) is 59.6 Å². The molecule has 0 bridgehead atoms. The molecule has 5 fully saturated rings. The number of pyridine rings is 4. The average molecular weight is 1320 g/mol. The maximum Gasteiger partial charge on any atom is 0.339 e. The van der Waals surface area contributed by atoms with Gasteiger partial charge in [0.2, 0.25) is 22.9 Å². The molecule has 4 atom stereocenters. The van der Waals surface area contributed by atoms with Crippen molar-refractivity contribution in [1.29, 1.82) is 0 Å². The number of hydrogen-bond acceptors (Lipinski definition) is 26. The van der Waals surface area contributed by atoms with Crippen LogP contribution in [0.1, 0.15) is 54.1 Å². The van der Waals surface area contributed by atoms with Gasteiger partial charge in [-0.25, -0.2) is 29.5 Å². The van der Waals surface area contributed by atoms with Crippen molar-refractivity contribution in [3.8, 4) is 0 Å². The van der Waals surface area contributed by atoms with Crippen LogP contribution in [-0.2, 0) is 65.5 Å². The number of rotatable bonds is 8. The predicted molar refractivity (Wildman–Crippen MR) is 343 cm³/mol. The van der Waals surface area contributed by atoms with E-state index in [1.54, 1.807) is 18.3 Å². The van der Waals surface area contributed by atoms with Crippen molar-refractivity contribution < 1.29 is 72.0 Å². The van der Waals surface area contributed by atoms with Gasteiger partial charge in [-0.1, -0.05) is 45.5 Å². The van der Waals surface area contributed by atoms with E-state index in [0.717, 1.165) is 79.4 Å². The Morgan fingerprint density at radius 1 is 0.609 bits per heavy atom. The topological polar surface area (TPSA) is 346 Å². The maximum absolute atomic E-state index is 12.4. The molecule has 8 aliphatic heterocycles. The lowest BCUT2D eigenvalue weighted by atomic mass is 10.1. The highest BCUT2D eigenvalue weighted by molar-refractivity contribution is 6.31. The number of carbonyl (C=O) groups excluding carboxylic acids is 6. The lowest BCUT2D eigenvalue weighted by Crippen LogP contribution is -2.55. The molecule has 30 nitrogen and oxygen atoms in total. The number of methoxy groups -OCH3 is 3. The number of aliphatic hydroxyl groups is 1. The molecule has 92 heavy (non-hydrogen) atoms. The highest BCUT2D eigenvalue weighted by Crippen LogP contribution is 2.35. The number of aromatic nitrogens is 4. The lowest BCUT2D eigenvalue weighted by Gasteiger charge is -2.40. The third-order valence-electron chi connectivity index (χ3n) is 15.0. The van der Waals surface area contributed by atoms with Gasteiger partial charge in [-0.3, -0.25) is 34.2 Å². The van der Waals surface area contributed by atoms with Crippen LogP contribution in [0.2, 0.25) is 10.2 Å². The number of amides is 3. The van der Waals surface area contributed by atoms with Crippen LogP contribution in [0.15, 0.2) is 73.3 Å². The number of anilines is 7. The Balaban J connectivity index is 0.000000189. The first-order valence-corrected chi connectivity index (χ1v) is 29.0. The fraction of sp³-hybridized carbons (Fsp3) is 0.467. The number of nitrogens with one attached hydrogen (secondary N) is 4. The van der Waals surface area contributed by atoms with Gasteiger partial charge in [0.1, 0.15) is 24.2 Å². The highest BCUT2D eigenvalue weighted by Gasteiger charge is 2.39. The zero-order chi connectivity index (χ0) is 63.1. The van der Waals surface area contributed by atoms with Gasteiger partial charge in [0.25, 0.3) is 0 Å². The van der Waals surface area contributed by atoms with E-state index in [2.05, 4.69) is 88.3 Å². The van der Waals surface area contributed by atoms with Gasteiger partial charge < -0.3 is 79.1 Å². The SMILES string of the molecule is C.C.C.COC(=O)C1COCCN1.COC(=O)c1cnc(Cl)c([N+](=O)[O-])c1.COC(=O)c1cnc2c(c1)NC(=O)C1COCCN21.O=C1Nc2cc(CN3CCN(c4ccc(Cl)cc4)CC3)cnc2N2CCOCC12.O=C1Nc2cc(CO)cnc2N2CCOCC12. The number of carbonyl (C=O) groups is 6. The summed E-state index contributed by atoms with van der Waals surface area (Å²) in [5.74, 6) is 0.633. The van der Waals surface area contributed by atoms with Crippen molar-refractivity contribution in [1.82, 2.24) is 30.2 Å². The molecule has 12 heterocycles. The first kappa shape index (κ1) is 72.6. The molecule has 0 radical (unpaired) electrons. The Bertz CT molecular complexity index is 3380. The molecular weight excluding hydrogens is 1240 g/mol. The predicted octanol–water partition coefficient (Wildman–Crippen LogP) is 4.46. The molecule has 8 aliphatic rings. The van der Waals surface area contributed by atoms with Crippen LogP contribution in [-0.4, -0.2) is 221 Å². The van der Waals surface area contributed by atoms with E-state index >= 15 is 0 Å². The Hall–Kier alpha value is -8.46. The van der Waals surface area contributed by atoms with Crippen molar-refractivity contribution in [2.24, 2.45) is 0 Å². The molecule has 498 valence electrons. The minimum Gasteiger partial charge on any atom is -0.468 e. The number of halogens is 2. The van der Waals surface area contributed by atoms with Gasteiger partial charge >= 0.3 is 23.6 Å². The number of aliphatic hydroxyl groups excluding tert-OH is 1. The van der Waals surface area contributed by atoms with Crippen molar-refractivity contribution in [2.75, 3.05) is 162 Å². The second-order valence-electron chi connectivity index (χ2n) is 20.6. The molecule has 13 rings (SSSR count). The Labute approximate surface area is 542 Å². The molecule has 1 aromatic carbocycles. The van der Waals surface area contributed by atoms with Gasteiger partial charge in [0.15, 0.2) is 17.5 Å². The first-order valence-electron chi connectivity index (χ1n) is 28.2. The lowest BCUT2D eigenvalue weighted by molar-refractivity contribution is -0.385. The standard InChI is InChI=1S/C21H24ClN5O2.C12H13N3O4.C11H13N3O3.C7H5ClN2O4.C6H11NO3.3CH4/c22-16-1-3-17(4-2-16)26-7-5-25(6-8-26)13-15-11-18-20(23-12-15)27-9-10-29-14-19(27)21(28)24-18;1-18-12(17)7-4-8-10(13-5-7)15-2-3-19-6-9(15)11(16)14-8;15-5-7-3-8-10(12-4-7)14-1-2-17-6-9(14)11(16)13-8;1-14-7(11)4-2-5(10(12)13)6(8)9-3-4;1-9-6(8)5-4-10-3-2-7-5;;;/h1-4,11-12,19H,5-10,13-14H2,(H,24,28);4-5,9H,2-3,6H2,1H3,(H,14,16);3-4,9,15H,1-2,5-6H2,(H,13,16);2-3H,1H3;5,7H,2-4H2,1H3;3*1H4. The number of nitrogens with zero attached hydrogens (tertiary/aromatic N) is 10. The maximum atomic E-state index is 12.4. The second kappa shape index (κ2) is 34.3. The van der Waals surface area contributed by atoms with Crippen molar-refractivity contribution in [3.63, 3.8) is 0 Å². The van der Waals surface area contributed by atoms with Gasteiger partial charge in [-0.15, -0.1) is 0 Å². The summed E-state index contributed by atoms with van der Waals surface area (Å²) in [6.07, 6.45) is 6.13. The smallest absolute Gasteiger partial charge is 0.339 e. The Morgan fingerprint density at radius 3 is 1.53 bits per heavy atom. The fourth-order valence-corrected chi connectivity index (χ4v) is 10.7. The van der Waals surface area contributed by atoms with Gasteiger partial charge in [-0.05, 0) is 53.6 Å². The molecule has 5 aromatic rings. The summed E-state index contributed by atoms with van der Waals surface area (Å²) >= 11 is 11.4. The quantitative estimate of drug-likeness (QED) is 0.0471. The van der Waals surface area contributed by atoms with Crippen LogP contribution in [0.3, 0.4) is 0 Å². The van der Waals surface area contributed by atoms with Crippen LogP contribution in [0, 0.1) is 10.1 Å². The minimum absolute atomic E-state index is 0. The number of hydrogen-bond donors (Lipinski definition) is 5. The molecule has 32 heteroatoms. The van der Waals surface area contributed by atoms with Gasteiger partial charge in [0, 0.05) is 100 Å². The molecule has 5 saturated heterocycles. The number of nitro groups is 1. The van der Waals surface area contributed by atoms with E-state index in [4.69, 9.17) is 47.3 Å². The average Bonchev–Trinajstić information content (AvgIpc) is 0.848. The molecule has 4 unspecified atom stereocenters. The molecule has 4 aromatic heterocycles. The molecular formula is C60H78Cl2N14O16. The summed E-state index contributed by atoms with van der Waals surface area (Å²) in [7, 11) is 3.85. The molecule has 0 spiro atoms. The first-order chi connectivity index (χ1) is 43.1. The number of ether oxygens (including phenoxy) is 7. The minimum atomic E-state index is -0.720. The third kappa shape index (κ3) is 17.8. The Morgan fingerprint density at radius 2 is 1.07 bits per heavy atom. The van der Waals surface area contributed by atoms with E-state index in [9.17, 15) is 38.9 Å². The van der Waals surface area contributed by atoms with Gasteiger partial charge in [0.05, 0.1) is 114 Å². The monoisotopic (exact) mass is 1320 g/mol. The summed E-state index contributed by atoms with van der Waals surface area (Å²) in [5.41, 5.74) is 4.92. The zero-order valence-electron chi connectivity index (χ0n) is 48.8. The summed E-state index contributed by atoms with van der Waals surface area (Å²) in [5, 5.41) is 31.5. The van der Waals surface area contributed by atoms with E-state index in [1.165, 1.54) is 33.2 Å². The third-order valence-corrected chi connectivity index (χ3v) is 15.6.